The van der Waals surface area contributed by atoms with Gasteiger partial charge in [0.15, 0.2) is 9.84 Å². The van der Waals surface area contributed by atoms with Crippen LogP contribution in [0.4, 0.5) is 0 Å². The first-order valence-corrected chi connectivity index (χ1v) is 10.5. The van der Waals surface area contributed by atoms with Crippen LogP contribution in [0.15, 0.2) is 42.7 Å². The summed E-state index contributed by atoms with van der Waals surface area (Å²) in [7, 11) is -2.97. The number of aromatic nitrogens is 2. The summed E-state index contributed by atoms with van der Waals surface area (Å²) < 4.78 is 25.7. The van der Waals surface area contributed by atoms with Crippen molar-refractivity contribution < 1.29 is 8.42 Å². The van der Waals surface area contributed by atoms with Gasteiger partial charge in [-0.25, -0.2) is 13.1 Å². The van der Waals surface area contributed by atoms with E-state index in [-0.39, 0.29) is 11.3 Å². The molecule has 5 nitrogen and oxygen atoms in total. The molecule has 0 radical (unpaired) electrons. The van der Waals surface area contributed by atoms with E-state index >= 15 is 0 Å². The summed E-state index contributed by atoms with van der Waals surface area (Å²) in [6.45, 7) is 0.803. The molecule has 24 heavy (non-hydrogen) atoms. The van der Waals surface area contributed by atoms with Gasteiger partial charge in [-0.1, -0.05) is 25.0 Å². The fourth-order valence-electron chi connectivity index (χ4n) is 3.48. The number of rotatable bonds is 6. The van der Waals surface area contributed by atoms with Crippen LogP contribution in [0.2, 0.25) is 0 Å². The minimum atomic E-state index is -2.97. The molecule has 0 bridgehead atoms. The predicted octanol–water partition coefficient (Wildman–Crippen LogP) is 2.36. The van der Waals surface area contributed by atoms with Crippen LogP contribution in [0.1, 0.15) is 31.2 Å². The second kappa shape index (κ2) is 7.49. The van der Waals surface area contributed by atoms with Crippen molar-refractivity contribution in [1.82, 2.24) is 15.1 Å². The third-order valence-corrected chi connectivity index (χ3v) is 6.44. The van der Waals surface area contributed by atoms with Crippen molar-refractivity contribution in [3.63, 3.8) is 0 Å². The Morgan fingerprint density at radius 2 is 1.96 bits per heavy atom. The van der Waals surface area contributed by atoms with Gasteiger partial charge in [0.2, 0.25) is 0 Å². The monoisotopic (exact) mass is 347 g/mol. The van der Waals surface area contributed by atoms with Crippen molar-refractivity contribution in [2.45, 2.75) is 43.4 Å². The fourth-order valence-corrected chi connectivity index (χ4v) is 4.91. The molecule has 1 N–H and O–H groups in total. The van der Waals surface area contributed by atoms with Crippen LogP contribution in [0, 0.1) is 0 Å². The average molecular weight is 347 g/mol. The Kier molecular flexibility index (Phi) is 5.36. The number of hydrogen-bond acceptors (Lipinski definition) is 4. The molecule has 2 atom stereocenters. The molecule has 0 spiro atoms. The third-order valence-electron chi connectivity index (χ3n) is 4.78. The predicted molar refractivity (Wildman–Crippen MR) is 96.2 cm³/mol. The minimum absolute atomic E-state index is 0.0945. The maximum absolute atomic E-state index is 11.9. The van der Waals surface area contributed by atoms with Crippen LogP contribution in [0.3, 0.4) is 0 Å². The Morgan fingerprint density at radius 1 is 1.21 bits per heavy atom. The van der Waals surface area contributed by atoms with Gasteiger partial charge in [-0.15, -0.1) is 0 Å². The summed E-state index contributed by atoms with van der Waals surface area (Å²) in [6.07, 6.45) is 9.82. The van der Waals surface area contributed by atoms with Gasteiger partial charge in [-0.05, 0) is 49.6 Å². The Bertz CT molecular complexity index is 739. The van der Waals surface area contributed by atoms with Gasteiger partial charge >= 0.3 is 0 Å². The molecule has 1 fully saturated rings. The number of hydrogen-bond donors (Lipinski definition) is 1. The van der Waals surface area contributed by atoms with Gasteiger partial charge in [-0.2, -0.15) is 5.10 Å². The first kappa shape index (κ1) is 17.2. The number of sulfone groups is 1. The lowest BCUT2D eigenvalue weighted by Gasteiger charge is -2.31. The van der Waals surface area contributed by atoms with E-state index < -0.39 is 9.84 Å². The lowest BCUT2D eigenvalue weighted by Crippen LogP contribution is -2.46. The molecule has 2 aromatic rings. The molecule has 1 aliphatic carbocycles. The van der Waals surface area contributed by atoms with Crippen molar-refractivity contribution in [2.75, 3.05) is 12.8 Å². The zero-order chi connectivity index (χ0) is 17.0. The molecule has 0 aliphatic heterocycles. The van der Waals surface area contributed by atoms with E-state index in [0.717, 1.165) is 44.3 Å². The van der Waals surface area contributed by atoms with E-state index in [4.69, 9.17) is 0 Å². The van der Waals surface area contributed by atoms with Crippen LogP contribution in [-0.2, 0) is 16.3 Å². The van der Waals surface area contributed by atoms with Gasteiger partial charge in [0.25, 0.3) is 0 Å². The molecule has 0 saturated heterocycles. The summed E-state index contributed by atoms with van der Waals surface area (Å²) in [4.78, 5) is 0. The molecule has 6 heteroatoms. The van der Waals surface area contributed by atoms with Gasteiger partial charge in [0, 0.05) is 24.7 Å². The zero-order valence-corrected chi connectivity index (χ0v) is 14.9. The summed E-state index contributed by atoms with van der Waals surface area (Å²) in [6, 6.07) is 10.3. The SMILES string of the molecule is CS(=O)(=O)[C@@H]1CCCC[C@H]1NCCc1ccc(-n2cccn2)cc1. The van der Waals surface area contributed by atoms with E-state index in [1.165, 1.54) is 11.8 Å². The van der Waals surface area contributed by atoms with Crippen LogP contribution < -0.4 is 5.32 Å². The van der Waals surface area contributed by atoms with Crippen molar-refractivity contribution in [2.24, 2.45) is 0 Å². The minimum Gasteiger partial charge on any atom is -0.312 e. The van der Waals surface area contributed by atoms with E-state index in [9.17, 15) is 8.42 Å². The van der Waals surface area contributed by atoms with Crippen molar-refractivity contribution in [3.05, 3.63) is 48.3 Å². The van der Waals surface area contributed by atoms with Crippen LogP contribution in [0.5, 0.6) is 0 Å². The van der Waals surface area contributed by atoms with Gasteiger partial charge in [0.1, 0.15) is 0 Å². The maximum Gasteiger partial charge on any atom is 0.151 e. The molecule has 3 rings (SSSR count). The molecule has 0 unspecified atom stereocenters. The van der Waals surface area contributed by atoms with Crippen LogP contribution in [0.25, 0.3) is 5.69 Å². The molecule has 1 aliphatic rings. The van der Waals surface area contributed by atoms with E-state index in [2.05, 4.69) is 34.7 Å². The van der Waals surface area contributed by atoms with E-state index in [0.29, 0.717) is 0 Å². The lowest BCUT2D eigenvalue weighted by molar-refractivity contribution is 0.373. The third kappa shape index (κ3) is 4.24. The second-order valence-electron chi connectivity index (χ2n) is 6.58. The standard InChI is InChI=1S/C18H25N3O2S/c1-24(22,23)18-6-3-2-5-17(18)19-13-11-15-7-9-16(10-8-15)21-14-4-12-20-21/h4,7-10,12,14,17-19H,2-3,5-6,11,13H2,1H3/t17-,18-/m1/s1. The average Bonchev–Trinajstić information content (AvgIpc) is 3.09. The molecule has 1 saturated carbocycles. The van der Waals surface area contributed by atoms with Crippen molar-refractivity contribution >= 4 is 9.84 Å². The maximum atomic E-state index is 11.9. The first-order valence-electron chi connectivity index (χ1n) is 8.55. The highest BCUT2D eigenvalue weighted by Gasteiger charge is 2.32. The molecule has 130 valence electrons. The van der Waals surface area contributed by atoms with Crippen molar-refractivity contribution in [1.29, 1.82) is 0 Å². The highest BCUT2D eigenvalue weighted by Crippen LogP contribution is 2.24. The molecule has 1 aromatic carbocycles. The highest BCUT2D eigenvalue weighted by atomic mass is 32.2. The van der Waals surface area contributed by atoms with Gasteiger partial charge < -0.3 is 5.32 Å². The zero-order valence-electron chi connectivity index (χ0n) is 14.1. The van der Waals surface area contributed by atoms with Crippen LogP contribution >= 0.6 is 0 Å². The number of nitrogens with one attached hydrogen (secondary N) is 1. The molecule has 1 heterocycles. The fraction of sp³-hybridized carbons (Fsp3) is 0.500. The Balaban J connectivity index is 1.54. The number of nitrogens with zero attached hydrogens (tertiary/aromatic N) is 2. The first-order chi connectivity index (χ1) is 11.5. The largest absolute Gasteiger partial charge is 0.312 e. The Labute approximate surface area is 144 Å². The summed E-state index contributed by atoms with van der Waals surface area (Å²) in [5, 5.41) is 7.46. The van der Waals surface area contributed by atoms with Gasteiger partial charge in [-0.3, -0.25) is 0 Å². The summed E-state index contributed by atoms with van der Waals surface area (Å²) >= 11 is 0. The highest BCUT2D eigenvalue weighted by molar-refractivity contribution is 7.91. The lowest BCUT2D eigenvalue weighted by atomic mass is 9.94. The second-order valence-corrected chi connectivity index (χ2v) is 8.84. The summed E-state index contributed by atoms with van der Waals surface area (Å²) in [5.74, 6) is 0. The van der Waals surface area contributed by atoms with E-state index in [1.807, 2.05) is 16.9 Å². The molecule has 1 aromatic heterocycles. The summed E-state index contributed by atoms with van der Waals surface area (Å²) in [5.41, 5.74) is 2.28. The number of benzene rings is 1. The molecule has 0 amide bonds. The normalized spacial score (nSPS) is 21.7. The topological polar surface area (TPSA) is 64.0 Å². The smallest absolute Gasteiger partial charge is 0.151 e. The van der Waals surface area contributed by atoms with E-state index in [1.54, 1.807) is 6.20 Å². The van der Waals surface area contributed by atoms with Gasteiger partial charge in [0.05, 0.1) is 10.9 Å². The molecular formula is C18H25N3O2S. The quantitative estimate of drug-likeness (QED) is 0.871. The Hall–Kier alpha value is -1.66. The van der Waals surface area contributed by atoms with Crippen LogP contribution in [-0.4, -0.2) is 42.3 Å². The molecular weight excluding hydrogens is 322 g/mol. The Morgan fingerprint density at radius 3 is 2.62 bits per heavy atom. The van der Waals surface area contributed by atoms with Crippen molar-refractivity contribution in [3.8, 4) is 5.69 Å².